The maximum Gasteiger partial charge on any atom is 0.220 e. The fourth-order valence-corrected chi connectivity index (χ4v) is 1.74. The molecule has 0 saturated heterocycles. The van der Waals surface area contributed by atoms with Crippen LogP contribution in [0.25, 0.3) is 11.3 Å². The van der Waals surface area contributed by atoms with Crippen LogP contribution < -0.4 is 16.8 Å². The van der Waals surface area contributed by atoms with Crippen LogP contribution in [0.4, 0.5) is 11.6 Å². The van der Waals surface area contributed by atoms with Gasteiger partial charge in [-0.3, -0.25) is 0 Å². The Morgan fingerprint density at radius 2 is 2.17 bits per heavy atom. The normalized spacial score (nSPS) is 10.3. The Bertz CT molecular complexity index is 539. The molecule has 0 aliphatic carbocycles. The lowest BCUT2D eigenvalue weighted by Gasteiger charge is -2.11. The van der Waals surface area contributed by atoms with E-state index in [-0.39, 0.29) is 5.95 Å². The Balaban J connectivity index is 2.44. The van der Waals surface area contributed by atoms with E-state index in [1.807, 2.05) is 25.1 Å². The largest absolute Gasteiger partial charge is 0.381 e. The summed E-state index contributed by atoms with van der Waals surface area (Å²) in [5, 5.41) is 3.20. The number of aromatic nitrogens is 2. The number of nitrogens with zero attached hydrogens (tertiary/aromatic N) is 2. The van der Waals surface area contributed by atoms with E-state index in [4.69, 9.17) is 11.5 Å². The predicted molar refractivity (Wildman–Crippen MR) is 74.2 cm³/mol. The standard InChI is InChI=1S/C13H17N5/c1-9-3-2-4-10(7-9)12-11(16-6-5-14)8-17-13(15)18-12/h2-4,7-8,16H,5-6,14H2,1H3,(H2,15,17,18). The lowest BCUT2D eigenvalue weighted by atomic mass is 10.1. The second-order valence-electron chi connectivity index (χ2n) is 4.08. The lowest BCUT2D eigenvalue weighted by Crippen LogP contribution is -2.14. The molecule has 94 valence electrons. The first-order valence-corrected chi connectivity index (χ1v) is 5.84. The molecule has 0 fully saturated rings. The minimum atomic E-state index is 0.268. The van der Waals surface area contributed by atoms with E-state index in [9.17, 15) is 0 Å². The second-order valence-corrected chi connectivity index (χ2v) is 4.08. The third kappa shape index (κ3) is 2.75. The maximum absolute atomic E-state index is 5.66. The fourth-order valence-electron chi connectivity index (χ4n) is 1.74. The van der Waals surface area contributed by atoms with Gasteiger partial charge in [0.1, 0.15) is 0 Å². The smallest absolute Gasteiger partial charge is 0.220 e. The molecule has 18 heavy (non-hydrogen) atoms. The number of aryl methyl sites for hydroxylation is 1. The maximum atomic E-state index is 5.66. The van der Waals surface area contributed by atoms with Crippen molar-refractivity contribution in [2.45, 2.75) is 6.92 Å². The molecular formula is C13H17N5. The average Bonchev–Trinajstić information content (AvgIpc) is 2.37. The first-order chi connectivity index (χ1) is 8.70. The summed E-state index contributed by atoms with van der Waals surface area (Å²) < 4.78 is 0. The van der Waals surface area contributed by atoms with E-state index in [0.29, 0.717) is 13.1 Å². The van der Waals surface area contributed by atoms with Gasteiger partial charge < -0.3 is 16.8 Å². The van der Waals surface area contributed by atoms with Crippen LogP contribution in [-0.2, 0) is 0 Å². The highest BCUT2D eigenvalue weighted by Crippen LogP contribution is 2.26. The van der Waals surface area contributed by atoms with Gasteiger partial charge in [-0.25, -0.2) is 9.97 Å². The molecule has 0 amide bonds. The third-order valence-electron chi connectivity index (χ3n) is 2.56. The molecule has 0 aliphatic rings. The zero-order valence-corrected chi connectivity index (χ0v) is 10.4. The summed E-state index contributed by atoms with van der Waals surface area (Å²) >= 11 is 0. The van der Waals surface area contributed by atoms with Crippen LogP contribution in [0.1, 0.15) is 5.56 Å². The number of nitrogen functional groups attached to an aromatic ring is 1. The highest BCUT2D eigenvalue weighted by atomic mass is 15.0. The third-order valence-corrected chi connectivity index (χ3v) is 2.56. The van der Waals surface area contributed by atoms with Crippen LogP contribution in [0, 0.1) is 6.92 Å². The van der Waals surface area contributed by atoms with Gasteiger partial charge in [0.15, 0.2) is 0 Å². The van der Waals surface area contributed by atoms with Gasteiger partial charge in [-0.15, -0.1) is 0 Å². The zero-order chi connectivity index (χ0) is 13.0. The number of anilines is 2. The lowest BCUT2D eigenvalue weighted by molar-refractivity contribution is 1.02. The van der Waals surface area contributed by atoms with Gasteiger partial charge in [0.25, 0.3) is 0 Å². The number of hydrogen-bond donors (Lipinski definition) is 3. The first-order valence-electron chi connectivity index (χ1n) is 5.84. The van der Waals surface area contributed by atoms with E-state index in [1.54, 1.807) is 6.20 Å². The van der Waals surface area contributed by atoms with Crippen LogP contribution in [0.3, 0.4) is 0 Å². The molecule has 0 saturated carbocycles. The number of rotatable bonds is 4. The minimum Gasteiger partial charge on any atom is -0.381 e. The summed E-state index contributed by atoms with van der Waals surface area (Å²) in [7, 11) is 0. The predicted octanol–water partition coefficient (Wildman–Crippen LogP) is 1.40. The molecule has 0 bridgehead atoms. The Labute approximate surface area is 106 Å². The molecule has 1 heterocycles. The molecular weight excluding hydrogens is 226 g/mol. The van der Waals surface area contributed by atoms with Crippen molar-refractivity contribution in [2.24, 2.45) is 5.73 Å². The molecule has 2 aromatic rings. The summed E-state index contributed by atoms with van der Waals surface area (Å²) in [6.07, 6.45) is 1.69. The van der Waals surface area contributed by atoms with Crippen LogP contribution in [0.5, 0.6) is 0 Å². The molecule has 1 aromatic heterocycles. The Morgan fingerprint density at radius 3 is 2.89 bits per heavy atom. The van der Waals surface area contributed by atoms with Gasteiger partial charge in [0, 0.05) is 18.7 Å². The molecule has 0 spiro atoms. The number of nitrogens with one attached hydrogen (secondary N) is 1. The van der Waals surface area contributed by atoms with E-state index in [2.05, 4.69) is 21.4 Å². The van der Waals surface area contributed by atoms with E-state index >= 15 is 0 Å². The fraction of sp³-hybridized carbons (Fsp3) is 0.231. The van der Waals surface area contributed by atoms with Gasteiger partial charge in [-0.1, -0.05) is 23.8 Å². The van der Waals surface area contributed by atoms with Crippen molar-refractivity contribution in [3.8, 4) is 11.3 Å². The van der Waals surface area contributed by atoms with E-state index in [1.165, 1.54) is 5.56 Å². The topological polar surface area (TPSA) is 89.8 Å². The van der Waals surface area contributed by atoms with Crippen molar-refractivity contribution in [2.75, 3.05) is 24.1 Å². The summed E-state index contributed by atoms with van der Waals surface area (Å²) in [5.41, 5.74) is 15.0. The molecule has 1 aromatic carbocycles. The number of benzene rings is 1. The highest BCUT2D eigenvalue weighted by Gasteiger charge is 2.08. The van der Waals surface area contributed by atoms with Crippen molar-refractivity contribution in [3.05, 3.63) is 36.0 Å². The summed E-state index contributed by atoms with van der Waals surface area (Å²) in [6.45, 7) is 3.27. The molecule has 5 N–H and O–H groups in total. The molecule has 5 heteroatoms. The van der Waals surface area contributed by atoms with Crippen molar-refractivity contribution >= 4 is 11.6 Å². The molecule has 2 rings (SSSR count). The average molecular weight is 243 g/mol. The molecule has 0 radical (unpaired) electrons. The van der Waals surface area contributed by atoms with Gasteiger partial charge in [0.05, 0.1) is 17.6 Å². The summed E-state index contributed by atoms with van der Waals surface area (Å²) in [5.74, 6) is 0.268. The van der Waals surface area contributed by atoms with Gasteiger partial charge >= 0.3 is 0 Å². The molecule has 0 unspecified atom stereocenters. The van der Waals surface area contributed by atoms with Crippen LogP contribution in [0.2, 0.25) is 0 Å². The van der Waals surface area contributed by atoms with Crippen LogP contribution in [0.15, 0.2) is 30.5 Å². The Morgan fingerprint density at radius 1 is 1.33 bits per heavy atom. The van der Waals surface area contributed by atoms with Crippen LogP contribution in [-0.4, -0.2) is 23.1 Å². The monoisotopic (exact) mass is 243 g/mol. The van der Waals surface area contributed by atoms with Crippen molar-refractivity contribution in [1.29, 1.82) is 0 Å². The van der Waals surface area contributed by atoms with Crippen molar-refractivity contribution in [3.63, 3.8) is 0 Å². The SMILES string of the molecule is Cc1cccc(-c2nc(N)ncc2NCCN)c1. The second kappa shape index (κ2) is 5.46. The van der Waals surface area contributed by atoms with E-state index in [0.717, 1.165) is 16.9 Å². The highest BCUT2D eigenvalue weighted by molar-refractivity contribution is 5.74. The molecule has 0 atom stereocenters. The minimum absolute atomic E-state index is 0.268. The van der Waals surface area contributed by atoms with Gasteiger partial charge in [0.2, 0.25) is 5.95 Å². The van der Waals surface area contributed by atoms with Gasteiger partial charge in [-0.05, 0) is 13.0 Å². The first kappa shape index (κ1) is 12.3. The number of nitrogens with two attached hydrogens (primary N) is 2. The summed E-state index contributed by atoms with van der Waals surface area (Å²) in [4.78, 5) is 8.30. The van der Waals surface area contributed by atoms with Crippen LogP contribution >= 0.6 is 0 Å². The van der Waals surface area contributed by atoms with Crippen molar-refractivity contribution in [1.82, 2.24) is 9.97 Å². The molecule has 0 aliphatic heterocycles. The molecule has 5 nitrogen and oxygen atoms in total. The summed E-state index contributed by atoms with van der Waals surface area (Å²) in [6, 6.07) is 8.11. The quantitative estimate of drug-likeness (QED) is 0.755. The van der Waals surface area contributed by atoms with Gasteiger partial charge in [-0.2, -0.15) is 0 Å². The Kier molecular flexibility index (Phi) is 3.74. The van der Waals surface area contributed by atoms with E-state index < -0.39 is 0 Å². The Hall–Kier alpha value is -2.14. The zero-order valence-electron chi connectivity index (χ0n) is 10.4. The van der Waals surface area contributed by atoms with Crippen molar-refractivity contribution < 1.29 is 0 Å². The number of hydrogen-bond acceptors (Lipinski definition) is 5.